The number of benzene rings is 2. The van der Waals surface area contributed by atoms with Crippen LogP contribution in [0, 0.1) is 5.82 Å². The van der Waals surface area contributed by atoms with Gasteiger partial charge in [0.15, 0.2) is 0 Å². The quantitative estimate of drug-likeness (QED) is 0.396. The van der Waals surface area contributed by atoms with Crippen LogP contribution in [0.1, 0.15) is 29.9 Å². The third-order valence-corrected chi connectivity index (χ3v) is 6.00. The van der Waals surface area contributed by atoms with Crippen LogP contribution in [0.15, 0.2) is 48.7 Å². The SMILES string of the molecule is O=C(Nc1ccc(C(F)(F)F)c(Cl)c1)C(=O)N1CCC(c2ccnc3ccc(F)cc23)CC1. The Morgan fingerprint density at radius 2 is 1.79 bits per heavy atom. The molecular formula is C23H18ClF4N3O2. The molecule has 0 unspecified atom stereocenters. The number of nitrogens with zero attached hydrogens (tertiary/aromatic N) is 2. The molecule has 1 saturated heterocycles. The molecule has 1 aliphatic heterocycles. The van der Waals surface area contributed by atoms with E-state index in [-0.39, 0.29) is 17.4 Å². The zero-order valence-electron chi connectivity index (χ0n) is 17.1. The number of rotatable bonds is 2. The minimum Gasteiger partial charge on any atom is -0.334 e. The van der Waals surface area contributed by atoms with Gasteiger partial charge < -0.3 is 10.2 Å². The highest BCUT2D eigenvalue weighted by atomic mass is 35.5. The molecule has 5 nitrogen and oxygen atoms in total. The highest BCUT2D eigenvalue weighted by Crippen LogP contribution is 2.36. The van der Waals surface area contributed by atoms with Gasteiger partial charge in [0.25, 0.3) is 0 Å². The van der Waals surface area contributed by atoms with Crippen molar-refractivity contribution in [3.63, 3.8) is 0 Å². The normalized spacial score (nSPS) is 15.0. The molecule has 0 radical (unpaired) electrons. The van der Waals surface area contributed by atoms with Crippen molar-refractivity contribution in [2.24, 2.45) is 0 Å². The predicted octanol–water partition coefficient (Wildman–Crippen LogP) is 5.39. The molecule has 1 aromatic heterocycles. The maximum atomic E-state index is 13.7. The molecule has 0 spiro atoms. The summed E-state index contributed by atoms with van der Waals surface area (Å²) in [6.45, 7) is 0.619. The van der Waals surface area contributed by atoms with E-state index in [1.54, 1.807) is 12.3 Å². The molecule has 0 aliphatic carbocycles. The number of fused-ring (bicyclic) bond motifs is 1. The predicted molar refractivity (Wildman–Crippen MR) is 115 cm³/mol. The molecule has 4 rings (SSSR count). The molecule has 0 saturated carbocycles. The number of amides is 2. The molecule has 2 amide bonds. The van der Waals surface area contributed by atoms with E-state index in [0.717, 1.165) is 29.1 Å². The van der Waals surface area contributed by atoms with E-state index >= 15 is 0 Å². The van der Waals surface area contributed by atoms with Gasteiger partial charge in [0.05, 0.1) is 16.1 Å². The number of hydrogen-bond donors (Lipinski definition) is 1. The number of piperidine rings is 1. The van der Waals surface area contributed by atoms with E-state index in [1.165, 1.54) is 17.0 Å². The Morgan fingerprint density at radius 1 is 1.06 bits per heavy atom. The van der Waals surface area contributed by atoms with Gasteiger partial charge in [0.2, 0.25) is 0 Å². The number of alkyl halides is 3. The number of halogens is 5. The minimum absolute atomic E-state index is 0.00785. The lowest BCUT2D eigenvalue weighted by Gasteiger charge is -2.32. The molecule has 0 atom stereocenters. The number of aromatic nitrogens is 1. The van der Waals surface area contributed by atoms with Crippen molar-refractivity contribution in [2.45, 2.75) is 24.9 Å². The van der Waals surface area contributed by atoms with Gasteiger partial charge in [-0.3, -0.25) is 14.6 Å². The summed E-state index contributed by atoms with van der Waals surface area (Å²) in [7, 11) is 0. The Kier molecular flexibility index (Phi) is 6.25. The fourth-order valence-electron chi connectivity index (χ4n) is 4.04. The maximum Gasteiger partial charge on any atom is 0.417 e. The highest BCUT2D eigenvalue weighted by Gasteiger charge is 2.33. The van der Waals surface area contributed by atoms with Crippen LogP contribution in [0.5, 0.6) is 0 Å². The van der Waals surface area contributed by atoms with Gasteiger partial charge in [-0.05, 0) is 66.8 Å². The summed E-state index contributed by atoms with van der Waals surface area (Å²) in [6, 6.07) is 8.99. The van der Waals surface area contributed by atoms with Gasteiger partial charge in [0, 0.05) is 30.4 Å². The molecule has 33 heavy (non-hydrogen) atoms. The third kappa shape index (κ3) is 4.93. The topological polar surface area (TPSA) is 62.3 Å². The molecule has 2 aromatic carbocycles. The Balaban J connectivity index is 1.40. The fraction of sp³-hybridized carbons (Fsp3) is 0.261. The van der Waals surface area contributed by atoms with Crippen molar-refractivity contribution in [1.82, 2.24) is 9.88 Å². The number of hydrogen-bond acceptors (Lipinski definition) is 3. The molecular weight excluding hydrogens is 462 g/mol. The number of carbonyl (C=O) groups excluding carboxylic acids is 2. The summed E-state index contributed by atoms with van der Waals surface area (Å²) < 4.78 is 52.2. The first-order valence-corrected chi connectivity index (χ1v) is 10.5. The average molecular weight is 480 g/mol. The van der Waals surface area contributed by atoms with Gasteiger partial charge >= 0.3 is 18.0 Å². The lowest BCUT2D eigenvalue weighted by molar-refractivity contribution is -0.143. The Labute approximate surface area is 191 Å². The van der Waals surface area contributed by atoms with Crippen LogP contribution < -0.4 is 5.32 Å². The third-order valence-electron chi connectivity index (χ3n) is 5.69. The minimum atomic E-state index is -4.62. The van der Waals surface area contributed by atoms with Gasteiger partial charge in [-0.1, -0.05) is 11.6 Å². The van der Waals surface area contributed by atoms with Crippen LogP contribution in [0.3, 0.4) is 0 Å². The number of pyridine rings is 1. The summed E-state index contributed by atoms with van der Waals surface area (Å²) in [5, 5.41) is 2.45. The summed E-state index contributed by atoms with van der Waals surface area (Å²) in [6.07, 6.45) is -1.82. The Bertz CT molecular complexity index is 1220. The van der Waals surface area contributed by atoms with Crippen LogP contribution >= 0.6 is 11.6 Å². The fourth-order valence-corrected chi connectivity index (χ4v) is 4.33. The zero-order valence-corrected chi connectivity index (χ0v) is 17.9. The molecule has 3 aromatic rings. The van der Waals surface area contributed by atoms with E-state index in [2.05, 4.69) is 10.3 Å². The summed E-state index contributed by atoms with van der Waals surface area (Å²) >= 11 is 5.66. The largest absolute Gasteiger partial charge is 0.417 e. The van der Waals surface area contributed by atoms with Crippen molar-refractivity contribution in [2.75, 3.05) is 18.4 Å². The van der Waals surface area contributed by atoms with Crippen LogP contribution in [-0.4, -0.2) is 34.8 Å². The van der Waals surface area contributed by atoms with E-state index in [4.69, 9.17) is 11.6 Å². The van der Waals surface area contributed by atoms with E-state index in [1.807, 2.05) is 6.07 Å². The van der Waals surface area contributed by atoms with E-state index in [9.17, 15) is 27.2 Å². The summed E-state index contributed by atoms with van der Waals surface area (Å²) in [4.78, 5) is 30.5. The van der Waals surface area contributed by atoms with Crippen molar-refractivity contribution >= 4 is 40.0 Å². The second kappa shape index (κ2) is 8.97. The first-order valence-electron chi connectivity index (χ1n) is 10.1. The molecule has 2 heterocycles. The first-order chi connectivity index (χ1) is 15.6. The van der Waals surface area contributed by atoms with E-state index < -0.39 is 28.6 Å². The monoisotopic (exact) mass is 479 g/mol. The number of likely N-dealkylation sites (tertiary alicyclic amines) is 1. The van der Waals surface area contributed by atoms with Crippen LogP contribution in [0.25, 0.3) is 10.9 Å². The Hall–Kier alpha value is -3.20. The molecule has 1 aliphatic rings. The Morgan fingerprint density at radius 3 is 2.45 bits per heavy atom. The van der Waals surface area contributed by atoms with Crippen molar-refractivity contribution in [1.29, 1.82) is 0 Å². The smallest absolute Gasteiger partial charge is 0.334 e. The lowest BCUT2D eigenvalue weighted by atomic mass is 9.87. The zero-order chi connectivity index (χ0) is 23.8. The van der Waals surface area contributed by atoms with Gasteiger partial charge in [-0.25, -0.2) is 4.39 Å². The molecule has 1 N–H and O–H groups in total. The molecule has 1 fully saturated rings. The maximum absolute atomic E-state index is 13.7. The van der Waals surface area contributed by atoms with Gasteiger partial charge in [0.1, 0.15) is 5.82 Å². The highest BCUT2D eigenvalue weighted by molar-refractivity contribution is 6.39. The number of nitrogens with one attached hydrogen (secondary N) is 1. The summed E-state index contributed by atoms with van der Waals surface area (Å²) in [5.41, 5.74) is 0.586. The lowest BCUT2D eigenvalue weighted by Crippen LogP contribution is -2.43. The second-order valence-corrected chi connectivity index (χ2v) is 8.18. The molecule has 0 bridgehead atoms. The number of carbonyl (C=O) groups is 2. The van der Waals surface area contributed by atoms with Crippen molar-refractivity contribution in [3.8, 4) is 0 Å². The van der Waals surface area contributed by atoms with Gasteiger partial charge in [-0.2, -0.15) is 13.2 Å². The molecule has 10 heteroatoms. The standard InChI is InChI=1S/C23H18ClF4N3O2/c24-19-12-15(2-3-18(19)23(26,27)28)30-21(32)22(33)31-9-6-13(7-10-31)16-5-8-29-20-4-1-14(25)11-17(16)20/h1-5,8,11-13H,6-7,9-10H2,(H,30,32). The van der Waals surface area contributed by atoms with Crippen molar-refractivity contribution in [3.05, 3.63) is 70.6 Å². The number of anilines is 1. The summed E-state index contributed by atoms with van der Waals surface area (Å²) in [5.74, 6) is -2.03. The van der Waals surface area contributed by atoms with Crippen LogP contribution in [0.4, 0.5) is 23.2 Å². The van der Waals surface area contributed by atoms with Gasteiger partial charge in [-0.15, -0.1) is 0 Å². The second-order valence-electron chi connectivity index (χ2n) is 7.77. The van der Waals surface area contributed by atoms with Crippen LogP contribution in [-0.2, 0) is 15.8 Å². The average Bonchev–Trinajstić information content (AvgIpc) is 2.77. The first kappa shape index (κ1) is 23.0. The van der Waals surface area contributed by atoms with E-state index in [0.29, 0.717) is 31.4 Å². The van der Waals surface area contributed by atoms with Crippen molar-refractivity contribution < 1.29 is 27.2 Å². The van der Waals surface area contributed by atoms with Crippen LogP contribution in [0.2, 0.25) is 5.02 Å². The molecule has 172 valence electrons.